The smallest absolute Gasteiger partial charge is 0.0667 e. The van der Waals surface area contributed by atoms with Gasteiger partial charge in [0.1, 0.15) is 0 Å². The maximum Gasteiger partial charge on any atom is 0.0667 e. The first-order valence-electron chi connectivity index (χ1n) is 4.70. The van der Waals surface area contributed by atoms with E-state index in [2.05, 4.69) is 12.2 Å². The van der Waals surface area contributed by atoms with Crippen molar-refractivity contribution in [2.75, 3.05) is 20.2 Å². The van der Waals surface area contributed by atoms with E-state index < -0.39 is 0 Å². The van der Waals surface area contributed by atoms with Crippen molar-refractivity contribution in [3.05, 3.63) is 0 Å². The van der Waals surface area contributed by atoms with Crippen LogP contribution in [0.25, 0.3) is 0 Å². The van der Waals surface area contributed by atoms with Crippen LogP contribution in [0.3, 0.4) is 0 Å². The van der Waals surface area contributed by atoms with Crippen molar-refractivity contribution in [1.82, 2.24) is 5.32 Å². The molecule has 0 saturated carbocycles. The Morgan fingerprint density at radius 3 is 2.58 bits per heavy atom. The molecule has 74 valence electrons. The molecule has 0 amide bonds. The second kappa shape index (κ2) is 7.53. The van der Waals surface area contributed by atoms with Crippen LogP contribution in [0.2, 0.25) is 0 Å². The monoisotopic (exact) mass is 174 g/mol. The summed E-state index contributed by atoms with van der Waals surface area (Å²) in [5.41, 5.74) is 5.58. The summed E-state index contributed by atoms with van der Waals surface area (Å²) in [6.07, 6.45) is 2.60. The third-order valence-corrected chi connectivity index (χ3v) is 2.02. The van der Waals surface area contributed by atoms with Crippen LogP contribution in [-0.4, -0.2) is 32.3 Å². The molecule has 0 spiro atoms. The summed E-state index contributed by atoms with van der Waals surface area (Å²) in [5, 5.41) is 3.37. The van der Waals surface area contributed by atoms with Crippen LogP contribution in [0.1, 0.15) is 26.7 Å². The van der Waals surface area contributed by atoms with Crippen molar-refractivity contribution in [3.63, 3.8) is 0 Å². The van der Waals surface area contributed by atoms with E-state index in [4.69, 9.17) is 10.5 Å². The first kappa shape index (κ1) is 11.9. The average molecular weight is 174 g/mol. The van der Waals surface area contributed by atoms with E-state index in [-0.39, 0.29) is 6.10 Å². The van der Waals surface area contributed by atoms with Crippen molar-refractivity contribution in [2.24, 2.45) is 5.73 Å². The Morgan fingerprint density at radius 2 is 2.17 bits per heavy atom. The van der Waals surface area contributed by atoms with Gasteiger partial charge in [0.2, 0.25) is 0 Å². The standard InChI is InChI=1S/C9H22N2O/c1-4-5-9(6-10)11-7-8(2)12-3/h8-9,11H,4-7,10H2,1-3H3. The van der Waals surface area contributed by atoms with Gasteiger partial charge in [0.05, 0.1) is 6.10 Å². The number of nitrogens with one attached hydrogen (secondary N) is 1. The van der Waals surface area contributed by atoms with Gasteiger partial charge in [-0.25, -0.2) is 0 Å². The highest BCUT2D eigenvalue weighted by molar-refractivity contribution is 4.68. The third-order valence-electron chi connectivity index (χ3n) is 2.02. The molecule has 0 heterocycles. The Bertz CT molecular complexity index is 98.5. The van der Waals surface area contributed by atoms with E-state index in [1.165, 1.54) is 6.42 Å². The lowest BCUT2D eigenvalue weighted by molar-refractivity contribution is 0.114. The topological polar surface area (TPSA) is 47.3 Å². The number of hydrogen-bond acceptors (Lipinski definition) is 3. The Morgan fingerprint density at radius 1 is 1.50 bits per heavy atom. The Balaban J connectivity index is 3.43. The summed E-state index contributed by atoms with van der Waals surface area (Å²) in [4.78, 5) is 0. The quantitative estimate of drug-likeness (QED) is 0.598. The van der Waals surface area contributed by atoms with E-state index >= 15 is 0 Å². The zero-order valence-electron chi connectivity index (χ0n) is 8.47. The van der Waals surface area contributed by atoms with E-state index in [0.717, 1.165) is 13.0 Å². The number of rotatable bonds is 7. The van der Waals surface area contributed by atoms with Gasteiger partial charge in [0.15, 0.2) is 0 Å². The highest BCUT2D eigenvalue weighted by atomic mass is 16.5. The normalized spacial score (nSPS) is 16.0. The summed E-state index contributed by atoms with van der Waals surface area (Å²) in [7, 11) is 1.73. The van der Waals surface area contributed by atoms with Gasteiger partial charge in [-0.3, -0.25) is 0 Å². The SMILES string of the molecule is CCCC(CN)NCC(C)OC. The molecule has 0 bridgehead atoms. The lowest BCUT2D eigenvalue weighted by Crippen LogP contribution is -2.40. The molecule has 0 radical (unpaired) electrons. The summed E-state index contributed by atoms with van der Waals surface area (Å²) in [6, 6.07) is 0.451. The predicted octanol–water partition coefficient (Wildman–Crippen LogP) is 0.738. The molecule has 0 saturated heterocycles. The fraction of sp³-hybridized carbons (Fsp3) is 1.00. The molecule has 2 unspecified atom stereocenters. The Kier molecular flexibility index (Phi) is 7.45. The second-order valence-corrected chi connectivity index (χ2v) is 3.18. The molecule has 0 fully saturated rings. The molecule has 0 aliphatic carbocycles. The molecule has 0 aromatic heterocycles. The molecule has 3 N–H and O–H groups in total. The maximum atomic E-state index is 5.58. The molecule has 0 rings (SSSR count). The largest absolute Gasteiger partial charge is 0.380 e. The molecule has 3 heteroatoms. The van der Waals surface area contributed by atoms with E-state index in [1.54, 1.807) is 7.11 Å². The van der Waals surface area contributed by atoms with Crippen molar-refractivity contribution in [3.8, 4) is 0 Å². The second-order valence-electron chi connectivity index (χ2n) is 3.18. The molecule has 0 aliphatic rings. The van der Waals surface area contributed by atoms with Crippen LogP contribution in [-0.2, 0) is 4.74 Å². The minimum atomic E-state index is 0.274. The number of nitrogens with two attached hydrogens (primary N) is 1. The van der Waals surface area contributed by atoms with Gasteiger partial charge in [-0.2, -0.15) is 0 Å². The zero-order valence-corrected chi connectivity index (χ0v) is 8.47. The lowest BCUT2D eigenvalue weighted by Gasteiger charge is -2.18. The Hall–Kier alpha value is -0.120. The van der Waals surface area contributed by atoms with E-state index in [1.807, 2.05) is 6.92 Å². The van der Waals surface area contributed by atoms with Gasteiger partial charge in [-0.15, -0.1) is 0 Å². The van der Waals surface area contributed by atoms with Crippen LogP contribution < -0.4 is 11.1 Å². The van der Waals surface area contributed by atoms with Gasteiger partial charge in [-0.05, 0) is 13.3 Å². The first-order chi connectivity index (χ1) is 5.74. The molecule has 0 aromatic rings. The van der Waals surface area contributed by atoms with E-state index in [9.17, 15) is 0 Å². The van der Waals surface area contributed by atoms with Crippen LogP contribution in [0.5, 0.6) is 0 Å². The van der Waals surface area contributed by atoms with Gasteiger partial charge < -0.3 is 15.8 Å². The van der Waals surface area contributed by atoms with Gasteiger partial charge >= 0.3 is 0 Å². The van der Waals surface area contributed by atoms with Gasteiger partial charge in [0, 0.05) is 26.2 Å². The summed E-state index contributed by atoms with van der Waals surface area (Å²) in [6.45, 7) is 5.82. The average Bonchev–Trinajstić information content (AvgIpc) is 2.11. The molecule has 0 aliphatic heterocycles. The van der Waals surface area contributed by atoms with Crippen molar-refractivity contribution >= 4 is 0 Å². The lowest BCUT2D eigenvalue weighted by atomic mass is 10.1. The van der Waals surface area contributed by atoms with Crippen molar-refractivity contribution < 1.29 is 4.74 Å². The van der Waals surface area contributed by atoms with Crippen molar-refractivity contribution in [1.29, 1.82) is 0 Å². The molecule has 2 atom stereocenters. The van der Waals surface area contributed by atoms with E-state index in [0.29, 0.717) is 12.6 Å². The molecular weight excluding hydrogens is 152 g/mol. The van der Waals surface area contributed by atoms with Crippen LogP contribution in [0, 0.1) is 0 Å². The highest BCUT2D eigenvalue weighted by Gasteiger charge is 2.05. The maximum absolute atomic E-state index is 5.58. The number of ether oxygens (including phenoxy) is 1. The predicted molar refractivity (Wildman–Crippen MR) is 52.2 cm³/mol. The molecule has 3 nitrogen and oxygen atoms in total. The number of hydrogen-bond donors (Lipinski definition) is 2. The minimum absolute atomic E-state index is 0.274. The van der Waals surface area contributed by atoms with Gasteiger partial charge in [0.25, 0.3) is 0 Å². The summed E-state index contributed by atoms with van der Waals surface area (Å²) >= 11 is 0. The van der Waals surface area contributed by atoms with Crippen molar-refractivity contribution in [2.45, 2.75) is 38.8 Å². The van der Waals surface area contributed by atoms with Crippen LogP contribution in [0.4, 0.5) is 0 Å². The van der Waals surface area contributed by atoms with Crippen LogP contribution >= 0.6 is 0 Å². The molecular formula is C9H22N2O. The highest BCUT2D eigenvalue weighted by Crippen LogP contribution is 1.95. The molecule has 12 heavy (non-hydrogen) atoms. The number of methoxy groups -OCH3 is 1. The first-order valence-corrected chi connectivity index (χ1v) is 4.70. The summed E-state index contributed by atoms with van der Waals surface area (Å²) < 4.78 is 5.12. The van der Waals surface area contributed by atoms with Gasteiger partial charge in [-0.1, -0.05) is 13.3 Å². The third kappa shape index (κ3) is 5.52. The van der Waals surface area contributed by atoms with Crippen LogP contribution in [0.15, 0.2) is 0 Å². The fourth-order valence-electron chi connectivity index (χ4n) is 1.07. The minimum Gasteiger partial charge on any atom is -0.380 e. The molecule has 0 aromatic carbocycles. The summed E-state index contributed by atoms with van der Waals surface area (Å²) in [5.74, 6) is 0. The fourth-order valence-corrected chi connectivity index (χ4v) is 1.07. The Labute approximate surface area is 75.7 Å². The zero-order chi connectivity index (χ0) is 9.40.